The van der Waals surface area contributed by atoms with E-state index in [0.717, 1.165) is 61.0 Å². The fraction of sp³-hybridized carbons (Fsp3) is 0.371. The van der Waals surface area contributed by atoms with Gasteiger partial charge in [0.15, 0.2) is 6.29 Å². The van der Waals surface area contributed by atoms with Gasteiger partial charge < -0.3 is 24.0 Å². The minimum Gasteiger partial charge on any atom is -0.488 e. The van der Waals surface area contributed by atoms with E-state index in [2.05, 4.69) is 56.3 Å². The van der Waals surface area contributed by atoms with Gasteiger partial charge in [-0.3, -0.25) is 0 Å². The predicted octanol–water partition coefficient (Wildman–Crippen LogP) is 4.27. The number of aromatic nitrogens is 6. The van der Waals surface area contributed by atoms with E-state index >= 15 is 0 Å². The van der Waals surface area contributed by atoms with Crippen LogP contribution in [0.5, 0.6) is 5.75 Å². The Hall–Kier alpha value is -4.94. The van der Waals surface area contributed by atoms with Crippen LogP contribution in [-0.2, 0) is 21.6 Å². The molecule has 0 radical (unpaired) electrons. The van der Waals surface area contributed by atoms with E-state index in [1.54, 1.807) is 32.8 Å². The Kier molecular flexibility index (Phi) is 8.77. The molecule has 244 valence electrons. The molecule has 2 aromatic heterocycles. The number of hydrogen-bond donors (Lipinski definition) is 0. The summed E-state index contributed by atoms with van der Waals surface area (Å²) in [5.41, 5.74) is 3.34. The third-order valence-electron chi connectivity index (χ3n) is 9.09. The quantitative estimate of drug-likeness (QED) is 0.210. The Morgan fingerprint density at radius 2 is 1.47 bits per heavy atom. The van der Waals surface area contributed by atoms with Gasteiger partial charge in [0.2, 0.25) is 0 Å². The summed E-state index contributed by atoms with van der Waals surface area (Å²) in [5, 5.41) is 12.9. The van der Waals surface area contributed by atoms with Crippen molar-refractivity contribution >= 4 is 11.4 Å². The summed E-state index contributed by atoms with van der Waals surface area (Å²) in [6, 6.07) is 26.5. The van der Waals surface area contributed by atoms with Crippen LogP contribution >= 0.6 is 0 Å². The first-order valence-electron chi connectivity index (χ1n) is 16.2. The maximum atomic E-state index is 12.8. The van der Waals surface area contributed by atoms with Gasteiger partial charge in [-0.05, 0) is 67.4 Å². The van der Waals surface area contributed by atoms with E-state index in [-0.39, 0.29) is 18.3 Å². The summed E-state index contributed by atoms with van der Waals surface area (Å²) in [4.78, 5) is 19.2. The highest BCUT2D eigenvalue weighted by atomic mass is 16.7. The smallest absolute Gasteiger partial charge is 0.350 e. The molecule has 7 rings (SSSR count). The first-order valence-corrected chi connectivity index (χ1v) is 16.2. The van der Waals surface area contributed by atoms with Crippen molar-refractivity contribution in [1.82, 2.24) is 29.3 Å². The third kappa shape index (κ3) is 6.51. The average molecular weight is 637 g/mol. The molecule has 47 heavy (non-hydrogen) atoms. The summed E-state index contributed by atoms with van der Waals surface area (Å²) in [7, 11) is 0. The summed E-state index contributed by atoms with van der Waals surface area (Å²) in [6.45, 7) is 8.76. The summed E-state index contributed by atoms with van der Waals surface area (Å²) < 4.78 is 21.8. The van der Waals surface area contributed by atoms with Crippen molar-refractivity contribution in [3.8, 4) is 11.4 Å². The largest absolute Gasteiger partial charge is 0.488 e. The zero-order valence-electron chi connectivity index (χ0n) is 26.8. The Morgan fingerprint density at radius 1 is 0.851 bits per heavy atom. The second-order valence-corrected chi connectivity index (χ2v) is 12.1. The fourth-order valence-corrected chi connectivity index (χ4v) is 6.18. The van der Waals surface area contributed by atoms with E-state index in [1.165, 1.54) is 0 Å². The molecular formula is C35H40N8O4. The number of piperazine rings is 1. The van der Waals surface area contributed by atoms with Crippen LogP contribution < -0.4 is 20.2 Å². The number of nitrogens with zero attached hydrogens (tertiary/aromatic N) is 8. The van der Waals surface area contributed by atoms with Gasteiger partial charge in [-0.2, -0.15) is 20.1 Å². The first kappa shape index (κ1) is 30.7. The second kappa shape index (κ2) is 13.4. The third-order valence-corrected chi connectivity index (χ3v) is 9.09. The Bertz CT molecular complexity index is 1780. The van der Waals surface area contributed by atoms with Crippen LogP contribution in [0.4, 0.5) is 11.4 Å². The molecule has 2 aliphatic rings. The molecular weight excluding hydrogens is 596 g/mol. The zero-order valence-corrected chi connectivity index (χ0v) is 26.8. The number of rotatable bonds is 11. The molecule has 0 N–H and O–H groups in total. The lowest BCUT2D eigenvalue weighted by molar-refractivity contribution is -0.117. The fourth-order valence-electron chi connectivity index (χ4n) is 6.18. The highest BCUT2D eigenvalue weighted by Crippen LogP contribution is 2.35. The molecule has 2 saturated heterocycles. The van der Waals surface area contributed by atoms with E-state index in [0.29, 0.717) is 13.2 Å². The predicted molar refractivity (Wildman–Crippen MR) is 178 cm³/mol. The SMILES string of the molecule is CCC(C)n1ncn(-c2ccc(N3CCN(c4ccc(OC[C@H]5OC[C@](Cn6nccn6)(c6ccccc6)O5)cc4)CC3)cc2)c1=O. The Morgan fingerprint density at radius 3 is 2.11 bits per heavy atom. The molecule has 0 saturated carbocycles. The van der Waals surface area contributed by atoms with Gasteiger partial charge in [-0.1, -0.05) is 37.3 Å². The molecule has 12 nitrogen and oxygen atoms in total. The minimum absolute atomic E-state index is 0.0716. The standard InChI is InChI=1S/C35H40N8O4/c1-3-27(2)43-34(44)41(26-38-43)31-11-9-29(10-12-31)39-19-21-40(22-20-39)30-13-15-32(16-14-30)45-23-33-46-25-35(47-33,24-42-36-17-18-37-42)28-7-5-4-6-8-28/h4-18,26-27,33H,3,19-25H2,1-2H3/t27?,33-,35+/m0/s1. The summed E-state index contributed by atoms with van der Waals surface area (Å²) in [6.07, 6.45) is 5.26. The van der Waals surface area contributed by atoms with Gasteiger partial charge in [0.25, 0.3) is 0 Å². The van der Waals surface area contributed by atoms with Gasteiger partial charge in [-0.25, -0.2) is 14.0 Å². The monoisotopic (exact) mass is 636 g/mol. The number of hydrogen-bond acceptors (Lipinski definition) is 9. The van der Waals surface area contributed by atoms with Crippen molar-refractivity contribution in [3.63, 3.8) is 0 Å². The molecule has 12 heteroatoms. The molecule has 0 spiro atoms. The summed E-state index contributed by atoms with van der Waals surface area (Å²) in [5.74, 6) is 0.763. The highest BCUT2D eigenvalue weighted by molar-refractivity contribution is 5.54. The lowest BCUT2D eigenvalue weighted by Gasteiger charge is -2.37. The maximum absolute atomic E-state index is 12.8. The van der Waals surface area contributed by atoms with Crippen LogP contribution in [0.2, 0.25) is 0 Å². The molecule has 1 unspecified atom stereocenters. The van der Waals surface area contributed by atoms with Gasteiger partial charge >= 0.3 is 5.69 Å². The van der Waals surface area contributed by atoms with Crippen molar-refractivity contribution in [3.05, 3.63) is 114 Å². The highest BCUT2D eigenvalue weighted by Gasteiger charge is 2.44. The summed E-state index contributed by atoms with van der Waals surface area (Å²) >= 11 is 0. The van der Waals surface area contributed by atoms with Crippen LogP contribution in [0.25, 0.3) is 5.69 Å². The average Bonchev–Trinajstić information content (AvgIpc) is 3.89. The lowest BCUT2D eigenvalue weighted by atomic mass is 9.95. The number of ether oxygens (including phenoxy) is 3. The van der Waals surface area contributed by atoms with E-state index in [1.807, 2.05) is 61.5 Å². The van der Waals surface area contributed by atoms with E-state index < -0.39 is 11.9 Å². The van der Waals surface area contributed by atoms with E-state index in [9.17, 15) is 4.79 Å². The van der Waals surface area contributed by atoms with Crippen LogP contribution in [0.3, 0.4) is 0 Å². The minimum atomic E-state index is -0.695. The molecule has 3 atom stereocenters. The van der Waals surface area contributed by atoms with Crippen LogP contribution in [0, 0.1) is 0 Å². The van der Waals surface area contributed by atoms with Crippen molar-refractivity contribution in [1.29, 1.82) is 0 Å². The van der Waals surface area contributed by atoms with Crippen LogP contribution in [0.1, 0.15) is 31.9 Å². The number of benzene rings is 3. The normalized spacial score (nSPS) is 20.4. The van der Waals surface area contributed by atoms with Gasteiger partial charge in [-0.15, -0.1) is 0 Å². The van der Waals surface area contributed by atoms with Crippen LogP contribution in [-0.4, -0.2) is 75.0 Å². The maximum Gasteiger partial charge on any atom is 0.350 e. The zero-order chi connectivity index (χ0) is 32.2. The van der Waals surface area contributed by atoms with Crippen molar-refractivity contribution < 1.29 is 14.2 Å². The molecule has 2 fully saturated rings. The van der Waals surface area contributed by atoms with E-state index in [4.69, 9.17) is 14.2 Å². The van der Waals surface area contributed by atoms with Crippen LogP contribution in [0.15, 0.2) is 102 Å². The Balaban J connectivity index is 0.913. The molecule has 2 aliphatic heterocycles. The second-order valence-electron chi connectivity index (χ2n) is 12.1. The lowest BCUT2D eigenvalue weighted by Crippen LogP contribution is -2.46. The molecule has 0 bridgehead atoms. The van der Waals surface area contributed by atoms with Crippen molar-refractivity contribution in [2.45, 2.75) is 44.7 Å². The molecule has 3 aromatic carbocycles. The van der Waals surface area contributed by atoms with Crippen molar-refractivity contribution in [2.75, 3.05) is 49.2 Å². The molecule has 5 aromatic rings. The van der Waals surface area contributed by atoms with Gasteiger partial charge in [0, 0.05) is 37.6 Å². The topological polar surface area (TPSA) is 105 Å². The van der Waals surface area contributed by atoms with Gasteiger partial charge in [0.05, 0.1) is 37.3 Å². The molecule has 0 aliphatic carbocycles. The van der Waals surface area contributed by atoms with Gasteiger partial charge in [0.1, 0.15) is 24.3 Å². The van der Waals surface area contributed by atoms with Crippen molar-refractivity contribution in [2.24, 2.45) is 0 Å². The molecule has 0 amide bonds. The first-order chi connectivity index (χ1) is 23.0. The molecule has 4 heterocycles. The Labute approximate surface area is 273 Å². The number of anilines is 2.